The molecule has 134 valence electrons. The van der Waals surface area contributed by atoms with Gasteiger partial charge in [-0.05, 0) is 30.3 Å². The minimum absolute atomic E-state index is 0.174. The molecule has 3 aromatic rings. The third kappa shape index (κ3) is 4.47. The van der Waals surface area contributed by atoms with Crippen molar-refractivity contribution in [3.63, 3.8) is 0 Å². The predicted molar refractivity (Wildman–Crippen MR) is 93.5 cm³/mol. The third-order valence-electron chi connectivity index (χ3n) is 3.41. The van der Waals surface area contributed by atoms with Crippen molar-refractivity contribution in [2.45, 2.75) is 12.8 Å². The zero-order valence-corrected chi connectivity index (χ0v) is 14.0. The Labute approximate surface area is 148 Å². The van der Waals surface area contributed by atoms with Crippen LogP contribution in [0.4, 0.5) is 16.2 Å². The van der Waals surface area contributed by atoms with E-state index in [0.29, 0.717) is 35.3 Å². The molecule has 0 unspecified atom stereocenters. The highest BCUT2D eigenvalue weighted by Gasteiger charge is 2.12. The number of hydrogen-bond donors (Lipinski definition) is 3. The molecule has 0 radical (unpaired) electrons. The van der Waals surface area contributed by atoms with E-state index in [1.807, 2.05) is 0 Å². The van der Waals surface area contributed by atoms with Gasteiger partial charge in [0.25, 0.3) is 0 Å². The van der Waals surface area contributed by atoms with E-state index < -0.39 is 0 Å². The molecule has 0 saturated heterocycles. The molecule has 0 fully saturated rings. The number of amides is 3. The molecule has 2 heterocycles. The van der Waals surface area contributed by atoms with Crippen LogP contribution in [0, 0.1) is 0 Å². The second kappa shape index (κ2) is 7.97. The maximum Gasteiger partial charge on any atom is 0.318 e. The molecule has 3 rings (SSSR count). The fourth-order valence-electron chi connectivity index (χ4n) is 2.17. The van der Waals surface area contributed by atoms with Gasteiger partial charge in [-0.25, -0.2) is 4.79 Å². The van der Waals surface area contributed by atoms with E-state index in [4.69, 9.17) is 8.94 Å². The van der Waals surface area contributed by atoms with Crippen molar-refractivity contribution >= 4 is 23.3 Å². The number of nitrogens with zero attached hydrogens (tertiary/aromatic N) is 2. The summed E-state index contributed by atoms with van der Waals surface area (Å²) in [4.78, 5) is 27.6. The number of anilines is 2. The number of hydrogen-bond acceptors (Lipinski definition) is 6. The fraction of sp³-hybridized carbons (Fsp3) is 0.176. The Hall–Kier alpha value is -3.62. The van der Waals surface area contributed by atoms with Crippen molar-refractivity contribution in [1.29, 1.82) is 0 Å². The minimum atomic E-state index is -0.336. The monoisotopic (exact) mass is 355 g/mol. The molecule has 9 heteroatoms. The lowest BCUT2D eigenvalue weighted by Crippen LogP contribution is -2.24. The summed E-state index contributed by atoms with van der Waals surface area (Å²) in [5.74, 6) is 0.990. The first-order chi connectivity index (χ1) is 12.6. The first-order valence-electron chi connectivity index (χ1n) is 7.89. The molecule has 0 atom stereocenters. The van der Waals surface area contributed by atoms with E-state index >= 15 is 0 Å². The molecule has 3 amide bonds. The lowest BCUT2D eigenvalue weighted by atomic mass is 10.2. The molecule has 2 aromatic heterocycles. The zero-order chi connectivity index (χ0) is 18.4. The van der Waals surface area contributed by atoms with Crippen molar-refractivity contribution < 1.29 is 18.5 Å². The normalized spacial score (nSPS) is 10.3. The summed E-state index contributed by atoms with van der Waals surface area (Å²) in [6, 6.07) is 9.96. The molecule has 26 heavy (non-hydrogen) atoms. The molecular formula is C17H17N5O4. The number of aryl methyl sites for hydroxylation is 1. The number of carbonyl (C=O) groups excluding carboxylic acids is 2. The molecule has 0 aliphatic heterocycles. The number of rotatable bonds is 6. The van der Waals surface area contributed by atoms with E-state index in [1.165, 1.54) is 13.3 Å². The number of furan rings is 1. The zero-order valence-electron chi connectivity index (χ0n) is 14.0. The van der Waals surface area contributed by atoms with Gasteiger partial charge in [0.1, 0.15) is 0 Å². The summed E-state index contributed by atoms with van der Waals surface area (Å²) in [7, 11) is 1.52. The topological polar surface area (TPSA) is 122 Å². The fourth-order valence-corrected chi connectivity index (χ4v) is 2.17. The maximum absolute atomic E-state index is 12.1. The van der Waals surface area contributed by atoms with Crippen LogP contribution in [-0.4, -0.2) is 29.1 Å². The second-order valence-electron chi connectivity index (χ2n) is 5.32. The van der Waals surface area contributed by atoms with Crippen LogP contribution in [0.3, 0.4) is 0 Å². The molecule has 1 aromatic carbocycles. The Balaban J connectivity index is 1.53. The van der Waals surface area contributed by atoms with Crippen LogP contribution in [0.2, 0.25) is 0 Å². The number of nitrogens with one attached hydrogen (secondary N) is 3. The highest BCUT2D eigenvalue weighted by molar-refractivity contribution is 5.93. The first kappa shape index (κ1) is 17.2. The summed E-state index contributed by atoms with van der Waals surface area (Å²) in [6.07, 6.45) is 1.99. The first-order valence-corrected chi connectivity index (χ1v) is 7.89. The standard InChI is InChI=1S/C17H17N5O4/c1-18-17(24)20-12-5-2-4-11(10-12)19-14(23)7-8-15-21-16(22-26-15)13-6-3-9-25-13/h2-6,9-10H,7-8H2,1H3,(H,19,23)(H2,18,20,24). The molecule has 0 bridgehead atoms. The molecule has 9 nitrogen and oxygen atoms in total. The van der Waals surface area contributed by atoms with Gasteiger partial charge in [0.15, 0.2) is 5.76 Å². The largest absolute Gasteiger partial charge is 0.461 e. The predicted octanol–water partition coefficient (Wildman–Crippen LogP) is 2.65. The van der Waals surface area contributed by atoms with Gasteiger partial charge in [0.05, 0.1) is 6.26 Å². The minimum Gasteiger partial charge on any atom is -0.461 e. The van der Waals surface area contributed by atoms with Crippen molar-refractivity contribution in [2.75, 3.05) is 17.7 Å². The third-order valence-corrected chi connectivity index (χ3v) is 3.41. The molecule has 0 saturated carbocycles. The van der Waals surface area contributed by atoms with Crippen LogP contribution in [-0.2, 0) is 11.2 Å². The highest BCUT2D eigenvalue weighted by atomic mass is 16.5. The number of urea groups is 1. The van der Waals surface area contributed by atoms with Gasteiger partial charge < -0.3 is 24.9 Å². The van der Waals surface area contributed by atoms with Gasteiger partial charge in [0.2, 0.25) is 17.6 Å². The van der Waals surface area contributed by atoms with Gasteiger partial charge in [0, 0.05) is 31.3 Å². The number of carbonyl (C=O) groups is 2. The number of benzene rings is 1. The number of aromatic nitrogens is 2. The summed E-state index contributed by atoms with van der Waals surface area (Å²) in [6.45, 7) is 0. The SMILES string of the molecule is CNC(=O)Nc1cccc(NC(=O)CCc2nc(-c3ccco3)no2)c1. The average Bonchev–Trinajstić information content (AvgIpc) is 3.31. The van der Waals surface area contributed by atoms with E-state index in [2.05, 4.69) is 26.1 Å². The smallest absolute Gasteiger partial charge is 0.318 e. The Morgan fingerprint density at radius 2 is 1.92 bits per heavy atom. The summed E-state index contributed by atoms with van der Waals surface area (Å²) in [5.41, 5.74) is 1.15. The maximum atomic E-state index is 12.1. The Kier molecular flexibility index (Phi) is 5.28. The van der Waals surface area contributed by atoms with E-state index in [0.717, 1.165) is 0 Å². The average molecular weight is 355 g/mol. The summed E-state index contributed by atoms with van der Waals surface area (Å²) < 4.78 is 10.3. The Morgan fingerprint density at radius 3 is 2.65 bits per heavy atom. The van der Waals surface area contributed by atoms with Crippen LogP contribution in [0.15, 0.2) is 51.6 Å². The Morgan fingerprint density at radius 1 is 1.12 bits per heavy atom. The molecule has 3 N–H and O–H groups in total. The molecule has 0 spiro atoms. The van der Waals surface area contributed by atoms with E-state index in [1.54, 1.807) is 36.4 Å². The lowest BCUT2D eigenvalue weighted by molar-refractivity contribution is -0.116. The van der Waals surface area contributed by atoms with Crippen LogP contribution in [0.1, 0.15) is 12.3 Å². The van der Waals surface area contributed by atoms with E-state index in [9.17, 15) is 9.59 Å². The Bertz CT molecular complexity index is 888. The van der Waals surface area contributed by atoms with Gasteiger partial charge >= 0.3 is 6.03 Å². The molecular weight excluding hydrogens is 338 g/mol. The van der Waals surface area contributed by atoms with Crippen LogP contribution in [0.25, 0.3) is 11.6 Å². The van der Waals surface area contributed by atoms with Gasteiger partial charge in [-0.15, -0.1) is 0 Å². The summed E-state index contributed by atoms with van der Waals surface area (Å²) >= 11 is 0. The van der Waals surface area contributed by atoms with Crippen molar-refractivity contribution in [3.05, 3.63) is 48.6 Å². The second-order valence-corrected chi connectivity index (χ2v) is 5.32. The van der Waals surface area contributed by atoms with Crippen LogP contribution < -0.4 is 16.0 Å². The van der Waals surface area contributed by atoms with Gasteiger partial charge in [-0.3, -0.25) is 4.79 Å². The quantitative estimate of drug-likeness (QED) is 0.625. The summed E-state index contributed by atoms with van der Waals surface area (Å²) in [5, 5.41) is 11.7. The van der Waals surface area contributed by atoms with Gasteiger partial charge in [-0.2, -0.15) is 4.98 Å². The van der Waals surface area contributed by atoms with Gasteiger partial charge in [-0.1, -0.05) is 11.2 Å². The van der Waals surface area contributed by atoms with Crippen LogP contribution >= 0.6 is 0 Å². The van der Waals surface area contributed by atoms with Crippen molar-refractivity contribution in [2.24, 2.45) is 0 Å². The molecule has 0 aliphatic carbocycles. The van der Waals surface area contributed by atoms with Crippen molar-refractivity contribution in [1.82, 2.24) is 15.5 Å². The highest BCUT2D eigenvalue weighted by Crippen LogP contribution is 2.17. The van der Waals surface area contributed by atoms with E-state index in [-0.39, 0.29) is 18.4 Å². The molecule has 0 aliphatic rings. The van der Waals surface area contributed by atoms with Crippen LogP contribution in [0.5, 0.6) is 0 Å². The lowest BCUT2D eigenvalue weighted by Gasteiger charge is -2.08. The van der Waals surface area contributed by atoms with Crippen molar-refractivity contribution in [3.8, 4) is 11.6 Å².